The molecule has 0 aromatic heterocycles. The van der Waals surface area contributed by atoms with Crippen LogP contribution in [-0.2, 0) is 31.5 Å². The standard InChI is InChI=1S/C18H36O3.Ti/c1-2-3-4-5-6-7-8-9-10-11-12-13-14-15-16-17-18(19)20-21-18;/h19H,2-17H2,1H3;. The molecule has 1 N–H and O–H groups in total. The fourth-order valence-corrected chi connectivity index (χ4v) is 2.85. The second-order valence-electron chi connectivity index (χ2n) is 6.58. The fraction of sp³-hybridized carbons (Fsp3) is 1.00. The van der Waals surface area contributed by atoms with Crippen LogP contribution in [0.1, 0.15) is 110 Å². The molecule has 0 aliphatic carbocycles. The van der Waals surface area contributed by atoms with Gasteiger partial charge in [0.1, 0.15) is 0 Å². The first kappa shape index (κ1) is 22.6. The molecule has 1 rings (SSSR count). The first-order chi connectivity index (χ1) is 10.3. The van der Waals surface area contributed by atoms with Gasteiger partial charge in [-0.1, -0.05) is 96.8 Å². The largest absolute Gasteiger partial charge is 0.340 e. The third-order valence-electron chi connectivity index (χ3n) is 4.37. The minimum Gasteiger partial charge on any atom is -0.340 e. The Morgan fingerprint density at radius 2 is 0.909 bits per heavy atom. The zero-order chi connectivity index (χ0) is 15.2. The number of rotatable bonds is 16. The second-order valence-corrected chi connectivity index (χ2v) is 6.58. The molecule has 0 radical (unpaired) electrons. The van der Waals surface area contributed by atoms with E-state index in [2.05, 4.69) is 16.7 Å². The monoisotopic (exact) mass is 348 g/mol. The Bertz CT molecular complexity index is 232. The van der Waals surface area contributed by atoms with Crippen molar-refractivity contribution in [2.24, 2.45) is 0 Å². The van der Waals surface area contributed by atoms with E-state index in [1.807, 2.05) is 0 Å². The van der Waals surface area contributed by atoms with Gasteiger partial charge < -0.3 is 5.11 Å². The zero-order valence-corrected chi connectivity index (χ0v) is 16.1. The molecular weight excluding hydrogens is 312 g/mol. The molecule has 0 bridgehead atoms. The van der Waals surface area contributed by atoms with Gasteiger partial charge in [-0.3, -0.25) is 0 Å². The van der Waals surface area contributed by atoms with E-state index in [-0.39, 0.29) is 21.7 Å². The van der Waals surface area contributed by atoms with Crippen molar-refractivity contribution in [1.82, 2.24) is 0 Å². The van der Waals surface area contributed by atoms with Crippen molar-refractivity contribution in [3.63, 3.8) is 0 Å². The van der Waals surface area contributed by atoms with Gasteiger partial charge in [0, 0.05) is 28.1 Å². The molecule has 0 aromatic carbocycles. The quantitative estimate of drug-likeness (QED) is 0.165. The Labute approximate surface area is 152 Å². The van der Waals surface area contributed by atoms with Crippen molar-refractivity contribution in [1.29, 1.82) is 0 Å². The molecule has 0 spiro atoms. The summed E-state index contributed by atoms with van der Waals surface area (Å²) in [6, 6.07) is 0. The van der Waals surface area contributed by atoms with E-state index < -0.39 is 5.97 Å². The van der Waals surface area contributed by atoms with E-state index in [0.717, 1.165) is 6.42 Å². The Hall–Kier alpha value is 0.594. The Morgan fingerprint density at radius 1 is 0.591 bits per heavy atom. The van der Waals surface area contributed by atoms with Crippen molar-refractivity contribution in [2.75, 3.05) is 0 Å². The van der Waals surface area contributed by atoms with Crippen LogP contribution in [0.2, 0.25) is 0 Å². The van der Waals surface area contributed by atoms with Crippen LogP contribution in [-0.4, -0.2) is 11.1 Å². The Kier molecular flexibility index (Phi) is 15.6. The van der Waals surface area contributed by atoms with Gasteiger partial charge in [-0.25, -0.2) is 0 Å². The molecule has 0 atom stereocenters. The van der Waals surface area contributed by atoms with Gasteiger partial charge in [0.15, 0.2) is 0 Å². The Balaban J connectivity index is 0.00000441. The van der Waals surface area contributed by atoms with Crippen molar-refractivity contribution in [3.8, 4) is 0 Å². The predicted molar refractivity (Wildman–Crippen MR) is 86.7 cm³/mol. The van der Waals surface area contributed by atoms with Crippen molar-refractivity contribution < 1.29 is 36.6 Å². The van der Waals surface area contributed by atoms with Crippen molar-refractivity contribution in [2.45, 2.75) is 116 Å². The number of hydrogen-bond donors (Lipinski definition) is 1. The molecule has 1 aliphatic heterocycles. The smallest absolute Gasteiger partial charge is 0.337 e. The Morgan fingerprint density at radius 3 is 1.23 bits per heavy atom. The van der Waals surface area contributed by atoms with Crippen LogP contribution in [0, 0.1) is 0 Å². The summed E-state index contributed by atoms with van der Waals surface area (Å²) in [5, 5.41) is 9.29. The summed E-state index contributed by atoms with van der Waals surface area (Å²) in [4.78, 5) is 8.94. The fourth-order valence-electron chi connectivity index (χ4n) is 2.85. The summed E-state index contributed by atoms with van der Waals surface area (Å²) in [5.74, 6) is -1.21. The molecule has 22 heavy (non-hydrogen) atoms. The van der Waals surface area contributed by atoms with E-state index in [1.54, 1.807) is 0 Å². The summed E-state index contributed by atoms with van der Waals surface area (Å²) in [7, 11) is 0. The summed E-state index contributed by atoms with van der Waals surface area (Å²) in [5.41, 5.74) is 0. The van der Waals surface area contributed by atoms with Gasteiger partial charge in [0.05, 0.1) is 0 Å². The summed E-state index contributed by atoms with van der Waals surface area (Å²) in [6.07, 6.45) is 21.0. The second kappa shape index (κ2) is 15.1. The first-order valence-corrected chi connectivity index (χ1v) is 9.36. The van der Waals surface area contributed by atoms with Crippen LogP contribution in [0.4, 0.5) is 0 Å². The van der Waals surface area contributed by atoms with Crippen LogP contribution in [0.5, 0.6) is 0 Å². The van der Waals surface area contributed by atoms with Crippen molar-refractivity contribution >= 4 is 0 Å². The SMILES string of the molecule is CCCCCCCCCCCCCCCCCC1(O)OO1.[Ti]. The minimum atomic E-state index is -1.21. The van der Waals surface area contributed by atoms with E-state index in [9.17, 15) is 5.11 Å². The number of hydrogen-bond acceptors (Lipinski definition) is 3. The van der Waals surface area contributed by atoms with E-state index in [1.165, 1.54) is 89.9 Å². The maximum absolute atomic E-state index is 9.29. The topological polar surface area (TPSA) is 45.3 Å². The van der Waals surface area contributed by atoms with Crippen molar-refractivity contribution in [3.05, 3.63) is 0 Å². The number of aliphatic hydroxyl groups is 1. The van der Waals surface area contributed by atoms with Crippen LogP contribution < -0.4 is 0 Å². The van der Waals surface area contributed by atoms with Gasteiger partial charge in [-0.15, -0.1) is 0 Å². The third-order valence-corrected chi connectivity index (χ3v) is 4.37. The normalized spacial score (nSPS) is 15.5. The molecule has 1 saturated heterocycles. The molecule has 3 nitrogen and oxygen atoms in total. The molecule has 0 aromatic rings. The van der Waals surface area contributed by atoms with Crippen LogP contribution >= 0.6 is 0 Å². The molecule has 0 amide bonds. The van der Waals surface area contributed by atoms with Gasteiger partial charge in [0.25, 0.3) is 0 Å². The molecule has 1 heterocycles. The average molecular weight is 348 g/mol. The van der Waals surface area contributed by atoms with Gasteiger partial charge >= 0.3 is 5.97 Å². The molecule has 4 heteroatoms. The van der Waals surface area contributed by atoms with Crippen LogP contribution in [0.25, 0.3) is 0 Å². The predicted octanol–water partition coefficient (Wildman–Crippen LogP) is 5.85. The molecular formula is C18H36O3Ti. The van der Waals surface area contributed by atoms with E-state index in [0.29, 0.717) is 6.42 Å². The summed E-state index contributed by atoms with van der Waals surface area (Å²) in [6.45, 7) is 2.28. The summed E-state index contributed by atoms with van der Waals surface area (Å²) < 4.78 is 0. The molecule has 130 valence electrons. The third kappa shape index (κ3) is 14.2. The molecule has 1 aliphatic rings. The maximum atomic E-state index is 9.29. The van der Waals surface area contributed by atoms with E-state index in [4.69, 9.17) is 0 Å². The minimum absolute atomic E-state index is 0. The van der Waals surface area contributed by atoms with Gasteiger partial charge in [0.2, 0.25) is 0 Å². The van der Waals surface area contributed by atoms with Crippen LogP contribution in [0.15, 0.2) is 0 Å². The maximum Gasteiger partial charge on any atom is 0.337 e. The molecule has 1 fully saturated rings. The van der Waals surface area contributed by atoms with E-state index >= 15 is 0 Å². The van der Waals surface area contributed by atoms with Gasteiger partial charge in [-0.2, -0.15) is 9.78 Å². The molecule has 0 saturated carbocycles. The average Bonchev–Trinajstić information content (AvgIpc) is 3.21. The first-order valence-electron chi connectivity index (χ1n) is 9.36. The van der Waals surface area contributed by atoms with Crippen LogP contribution in [0.3, 0.4) is 0 Å². The summed E-state index contributed by atoms with van der Waals surface area (Å²) >= 11 is 0. The zero-order valence-electron chi connectivity index (χ0n) is 14.6. The molecule has 0 unspecified atom stereocenters. The number of unbranched alkanes of at least 4 members (excludes halogenated alkanes) is 14. The van der Waals surface area contributed by atoms with Gasteiger partial charge in [-0.05, 0) is 6.42 Å².